The van der Waals surface area contributed by atoms with E-state index in [1.54, 1.807) is 93.1 Å². The minimum atomic E-state index is 0.0313. The fraction of sp³-hybridized carbons (Fsp3) is 0.425. The van der Waals surface area contributed by atoms with Crippen molar-refractivity contribution in [2.45, 2.75) is 177 Å². The van der Waals surface area contributed by atoms with Gasteiger partial charge in [-0.05, 0) is 245 Å². The van der Waals surface area contributed by atoms with Crippen LogP contribution in [0, 0.1) is 0 Å². The average Bonchev–Trinajstić information content (AvgIpc) is 1.69. The van der Waals surface area contributed by atoms with Crippen molar-refractivity contribution in [2.75, 3.05) is 87.5 Å². The molecule has 0 radical (unpaired) electrons. The number of hydrogen-bond donors (Lipinski definition) is 3. The minimum absolute atomic E-state index is 0.0313. The highest BCUT2D eigenvalue weighted by molar-refractivity contribution is 6.31. The van der Waals surface area contributed by atoms with Gasteiger partial charge in [-0.15, -0.1) is 0 Å². The van der Waals surface area contributed by atoms with Crippen molar-refractivity contribution >= 4 is 93.5 Å². The van der Waals surface area contributed by atoms with Gasteiger partial charge in [0.05, 0.1) is 60.0 Å². The van der Waals surface area contributed by atoms with E-state index in [-0.39, 0.29) is 82.1 Å². The largest absolute Gasteiger partial charge is 0.497 e. The third-order valence-electron chi connectivity index (χ3n) is 22.1. The summed E-state index contributed by atoms with van der Waals surface area (Å²) in [6.07, 6.45) is 27.6. The molecule has 4 aromatic heterocycles. The number of carbonyl (C=O) groups excluding carboxylic acids is 4. The molecule has 5 aromatic carbocycles. The van der Waals surface area contributed by atoms with Gasteiger partial charge in [0.25, 0.3) is 0 Å². The molecule has 4 aliphatic heterocycles. The maximum atomic E-state index is 13.0. The van der Waals surface area contributed by atoms with Gasteiger partial charge in [0.1, 0.15) is 28.4 Å². The van der Waals surface area contributed by atoms with Crippen LogP contribution in [-0.4, -0.2) is 150 Å². The third-order valence-corrected chi connectivity index (χ3v) is 22.6. The number of hydrogen-bond acceptors (Lipinski definition) is 23. The van der Waals surface area contributed by atoms with Crippen molar-refractivity contribution in [2.24, 2.45) is 0 Å². The number of aromatic nitrogens is 8. The number of nitrogen functional groups attached to an aromatic ring is 1. The first kappa shape index (κ1) is 83.9. The fourth-order valence-corrected chi connectivity index (χ4v) is 16.3. The molecule has 4 saturated carbocycles. The zero-order chi connectivity index (χ0) is 81.7. The molecule has 4 atom stereocenters. The summed E-state index contributed by atoms with van der Waals surface area (Å²) in [4.78, 5) is 86.6. The van der Waals surface area contributed by atoms with E-state index in [1.807, 2.05) is 97.1 Å². The molecular weight excluding hydrogens is 1560 g/mol. The number of nitrogens with one attached hydrogen (secondary N) is 2. The van der Waals surface area contributed by atoms with Crippen LogP contribution in [0.15, 0.2) is 146 Å². The van der Waals surface area contributed by atoms with Crippen LogP contribution in [0.4, 0.5) is 35.0 Å². The van der Waals surface area contributed by atoms with Crippen LogP contribution in [0.2, 0.25) is 15.7 Å². The summed E-state index contributed by atoms with van der Waals surface area (Å²) in [5.41, 5.74) is 10.9. The Morgan fingerprint density at radius 2 is 0.744 bits per heavy atom. The predicted molar refractivity (Wildman–Crippen MR) is 447 cm³/mol. The number of halogens is 3. The van der Waals surface area contributed by atoms with Crippen LogP contribution in [0.5, 0.6) is 51.7 Å². The van der Waals surface area contributed by atoms with Gasteiger partial charge in [-0.2, -0.15) is 9.97 Å². The van der Waals surface area contributed by atoms with Crippen LogP contribution in [0.1, 0.15) is 174 Å². The highest BCUT2D eigenvalue weighted by atomic mass is 35.5. The number of anilines is 6. The average molecular weight is 1660 g/mol. The first-order chi connectivity index (χ1) is 56.9. The summed E-state index contributed by atoms with van der Waals surface area (Å²) in [7, 11) is 8.25. The monoisotopic (exact) mass is 1650 g/mol. The Bertz CT molecular complexity index is 4700. The third kappa shape index (κ3) is 22.6. The number of rotatable bonds is 22. The Morgan fingerprint density at radius 3 is 1.09 bits per heavy atom. The zero-order valence-electron chi connectivity index (χ0n) is 66.4. The van der Waals surface area contributed by atoms with E-state index in [2.05, 4.69) is 50.5 Å². The van der Waals surface area contributed by atoms with Gasteiger partial charge < -0.3 is 59.0 Å². The fourth-order valence-electron chi connectivity index (χ4n) is 15.9. The number of methoxy groups -OCH3 is 5. The molecule has 4 aliphatic carbocycles. The Kier molecular flexibility index (Phi) is 29.2. The second kappa shape index (κ2) is 40.7. The maximum absolute atomic E-state index is 13.0. The number of amides is 4. The smallest absolute Gasteiger partial charge is 0.229 e. The summed E-state index contributed by atoms with van der Waals surface area (Å²) in [6.45, 7) is 2.38. The van der Waals surface area contributed by atoms with Gasteiger partial charge in [0.2, 0.25) is 46.1 Å². The molecule has 8 aliphatic rings. The quantitative estimate of drug-likeness (QED) is 0.0419. The van der Waals surface area contributed by atoms with Gasteiger partial charge in [0.15, 0.2) is 46.0 Å². The lowest BCUT2D eigenvalue weighted by Crippen LogP contribution is -2.25. The molecule has 9 aromatic rings. The Labute approximate surface area is 696 Å². The van der Waals surface area contributed by atoms with E-state index in [0.717, 1.165) is 131 Å². The normalized spacial score (nSPS) is 19.3. The van der Waals surface area contributed by atoms with E-state index < -0.39 is 0 Å². The summed E-state index contributed by atoms with van der Waals surface area (Å²) in [6, 6.07) is 38.2. The molecule has 0 bridgehead atoms. The van der Waals surface area contributed by atoms with Crippen LogP contribution in [0.25, 0.3) is 0 Å². The first-order valence-corrected chi connectivity index (χ1v) is 41.1. The number of nitrogens with zero attached hydrogens (tertiary/aromatic N) is 11. The lowest BCUT2D eigenvalue weighted by Gasteiger charge is -2.19. The van der Waals surface area contributed by atoms with Crippen LogP contribution in [-0.2, 0) is 19.2 Å². The van der Waals surface area contributed by atoms with Crippen molar-refractivity contribution in [1.82, 2.24) is 45.2 Å². The van der Waals surface area contributed by atoms with Gasteiger partial charge in [0, 0.05) is 106 Å². The van der Waals surface area contributed by atoms with Crippen molar-refractivity contribution in [1.29, 1.82) is 0 Å². The number of carbonyl (C=O) groups is 4. The molecule has 616 valence electrons. The molecule has 4 amide bonds. The number of benzene rings is 5. The lowest BCUT2D eigenvalue weighted by atomic mass is 9.98. The molecule has 0 unspecified atom stereocenters. The van der Waals surface area contributed by atoms with Gasteiger partial charge in [-0.25, -0.2) is 29.9 Å². The van der Waals surface area contributed by atoms with Crippen molar-refractivity contribution in [3.05, 3.63) is 184 Å². The van der Waals surface area contributed by atoms with Crippen molar-refractivity contribution < 1.29 is 61.8 Å². The molecule has 117 heavy (non-hydrogen) atoms. The number of nitrogens with two attached hydrogens (primary N) is 1. The molecule has 27 nitrogen and oxygen atoms in total. The maximum Gasteiger partial charge on any atom is 0.229 e. The topological polar surface area (TPSA) is 314 Å². The molecule has 30 heteroatoms. The van der Waals surface area contributed by atoms with Crippen molar-refractivity contribution in [3.63, 3.8) is 0 Å². The number of ether oxygens (including phenoxy) is 9. The van der Waals surface area contributed by atoms with Crippen LogP contribution < -0.4 is 73.7 Å². The van der Waals surface area contributed by atoms with Gasteiger partial charge >= 0.3 is 0 Å². The molecule has 8 heterocycles. The SMILES string of the molecule is COc1ccc(Nc2nccc(N3C[C@@H](c4ccc(OC)c(OC5CCCC5)c4)CC3=O)n2)cc1.COc1ccc([C@@H]2CNC(=O)C2)cc1OC1CCCC1.COc1ccc([C@H]2CC(=O)N(c3ccnc(Cl)n3)C2)cc1OC1CCCC1.COc1ccc([C@H]2CC(=O)N(c3ccnc(N)n3)C2)cc1OC1CCCC1.Clc1ccnc(Cl)n1. The Balaban J connectivity index is 0.000000133. The lowest BCUT2D eigenvalue weighted by molar-refractivity contribution is -0.119. The Morgan fingerprint density at radius 1 is 0.385 bits per heavy atom. The minimum Gasteiger partial charge on any atom is -0.497 e. The van der Waals surface area contributed by atoms with E-state index in [1.165, 1.54) is 57.6 Å². The van der Waals surface area contributed by atoms with Gasteiger partial charge in [-0.3, -0.25) is 33.9 Å². The van der Waals surface area contributed by atoms with Crippen LogP contribution in [0.3, 0.4) is 0 Å². The molecule has 4 saturated heterocycles. The second-order valence-corrected chi connectivity index (χ2v) is 30.9. The summed E-state index contributed by atoms with van der Waals surface area (Å²) in [5, 5.41) is 6.75. The predicted octanol–water partition coefficient (Wildman–Crippen LogP) is 16.4. The summed E-state index contributed by atoms with van der Waals surface area (Å²) < 4.78 is 51.8. The molecule has 8 fully saturated rings. The van der Waals surface area contributed by atoms with E-state index in [9.17, 15) is 19.2 Å². The zero-order valence-corrected chi connectivity index (χ0v) is 68.7. The Hall–Kier alpha value is -11.0. The highest BCUT2D eigenvalue weighted by Gasteiger charge is 2.37. The first-order valence-electron chi connectivity index (χ1n) is 40.0. The molecule has 4 N–H and O–H groups in total. The summed E-state index contributed by atoms with van der Waals surface area (Å²) >= 11 is 16.6. The molecule has 17 rings (SSSR count). The van der Waals surface area contributed by atoms with Gasteiger partial charge in [-0.1, -0.05) is 35.9 Å². The highest BCUT2D eigenvalue weighted by Crippen LogP contribution is 2.43. The molecular formula is C87H99Cl3N14O13. The summed E-state index contributed by atoms with van der Waals surface area (Å²) in [5.74, 6) is 9.79. The van der Waals surface area contributed by atoms with E-state index in [0.29, 0.717) is 86.5 Å². The van der Waals surface area contributed by atoms with Crippen molar-refractivity contribution in [3.8, 4) is 51.7 Å². The van der Waals surface area contributed by atoms with E-state index in [4.69, 9.17) is 83.2 Å². The van der Waals surface area contributed by atoms with E-state index >= 15 is 0 Å². The van der Waals surface area contributed by atoms with Crippen LogP contribution >= 0.6 is 34.8 Å². The second-order valence-electron chi connectivity index (χ2n) is 29.9. The standard InChI is InChI=1S/C27H30N4O4.C20H22ClN3O3.C20H24N4O3.C16H21NO3.C4H2Cl2N2/c1-33-21-10-8-20(9-11-21)29-27-28-14-13-25(30-27)31-17-19(16-26(31)32)18-7-12-23(34-2)24(15-18)35-22-5-3-4-6-22;2*1-26-16-7-6-13(10-17(16)27-15-4-2-3-5-15)14-11-19(25)24(12-14)18-8-9-22-20(21)23-18;1-19-14-7-6-11(12-9-16(18)17-10-12)8-15(14)20-13-4-2-3-5-13;5-3-1-2-7-4(6)8-3/h7-15,19,22H,3-6,16-17H2,1-2H3,(H,28,29,30);6-10,14-15H,2-5,11-12H2,1H3;6-10,14-15H,2-5,11-12H2,1H3,(H2,21,22,23);6-8,12-13H,2-5,9-10H2,1H3,(H,17,18);1-2H/t19-;2*14-;12-;/m0000./s1. The molecule has 0 spiro atoms.